The van der Waals surface area contributed by atoms with Crippen LogP contribution in [0, 0.1) is 13.8 Å². The minimum absolute atomic E-state index is 0.0449. The summed E-state index contributed by atoms with van der Waals surface area (Å²) in [4.78, 5) is 30.7. The molecule has 1 saturated carbocycles. The molecule has 156 valence electrons. The Morgan fingerprint density at radius 1 is 0.967 bits per heavy atom. The summed E-state index contributed by atoms with van der Waals surface area (Å²) in [7, 11) is 1.90. The van der Waals surface area contributed by atoms with Crippen LogP contribution in [-0.4, -0.2) is 34.8 Å². The fourth-order valence-corrected chi connectivity index (χ4v) is 4.34. The number of nitrogens with zero attached hydrogens (tertiary/aromatic N) is 1. The van der Waals surface area contributed by atoms with Crippen molar-refractivity contribution in [3.05, 3.63) is 64.8 Å². The van der Waals surface area contributed by atoms with E-state index in [2.05, 4.69) is 17.2 Å². The predicted octanol–water partition coefficient (Wildman–Crippen LogP) is 5.44. The van der Waals surface area contributed by atoms with Crippen LogP contribution >= 0.6 is 0 Å². The van der Waals surface area contributed by atoms with Gasteiger partial charge in [0.2, 0.25) is 0 Å². The molecule has 0 bridgehead atoms. The zero-order chi connectivity index (χ0) is 21.3. The highest BCUT2D eigenvalue weighted by Crippen LogP contribution is 2.24. The van der Waals surface area contributed by atoms with Crippen molar-refractivity contribution in [2.45, 2.75) is 52.0 Å². The topological polar surface area (TPSA) is 65.2 Å². The number of carbonyl (C=O) groups excluding carboxylic acids is 2. The zero-order valence-corrected chi connectivity index (χ0v) is 17.9. The molecule has 30 heavy (non-hydrogen) atoms. The highest BCUT2D eigenvalue weighted by atomic mass is 16.2. The Bertz CT molecular complexity index is 1080. The van der Waals surface area contributed by atoms with Crippen LogP contribution in [0.5, 0.6) is 0 Å². The largest absolute Gasteiger partial charge is 0.358 e. The number of nitrogens with one attached hydrogen (secondary N) is 2. The summed E-state index contributed by atoms with van der Waals surface area (Å²) >= 11 is 0. The van der Waals surface area contributed by atoms with Gasteiger partial charge in [0.15, 0.2) is 0 Å². The Kier molecular flexibility index (Phi) is 5.62. The molecule has 1 aliphatic carbocycles. The monoisotopic (exact) mass is 403 g/mol. The van der Waals surface area contributed by atoms with Crippen molar-refractivity contribution in [1.82, 2.24) is 9.88 Å². The molecule has 0 saturated heterocycles. The SMILES string of the molecule is Cc1[nH]c2ccc(C(=O)Nc3ccc(C(=O)N(C)C4CCCCC4)cc3)cc2c1C. The molecule has 2 amide bonds. The quantitative estimate of drug-likeness (QED) is 0.609. The maximum Gasteiger partial charge on any atom is 0.255 e. The Morgan fingerprint density at radius 2 is 1.63 bits per heavy atom. The molecular formula is C25H29N3O2. The van der Waals surface area contributed by atoms with E-state index in [1.54, 1.807) is 24.3 Å². The molecule has 0 unspecified atom stereocenters. The van der Waals surface area contributed by atoms with Crippen molar-refractivity contribution in [2.75, 3.05) is 12.4 Å². The van der Waals surface area contributed by atoms with Gasteiger partial charge in [-0.3, -0.25) is 9.59 Å². The fraction of sp³-hybridized carbons (Fsp3) is 0.360. The van der Waals surface area contributed by atoms with E-state index < -0.39 is 0 Å². The first-order chi connectivity index (χ1) is 14.4. The predicted molar refractivity (Wildman–Crippen MR) is 121 cm³/mol. The third-order valence-corrected chi connectivity index (χ3v) is 6.40. The van der Waals surface area contributed by atoms with Crippen molar-refractivity contribution in [3.63, 3.8) is 0 Å². The molecule has 1 aromatic heterocycles. The first-order valence-electron chi connectivity index (χ1n) is 10.7. The van der Waals surface area contributed by atoms with Gasteiger partial charge in [-0.25, -0.2) is 0 Å². The average Bonchev–Trinajstić information content (AvgIpc) is 3.07. The Morgan fingerprint density at radius 3 is 2.33 bits per heavy atom. The van der Waals surface area contributed by atoms with Crippen LogP contribution in [0.25, 0.3) is 10.9 Å². The molecule has 0 radical (unpaired) electrons. The van der Waals surface area contributed by atoms with Gasteiger partial charge in [-0.15, -0.1) is 0 Å². The average molecular weight is 404 g/mol. The standard InChI is InChI=1S/C25H29N3O2/c1-16-17(2)26-23-14-11-19(15-22(16)23)24(29)27-20-12-9-18(10-13-20)25(30)28(3)21-7-5-4-6-8-21/h9-15,21,26H,4-8H2,1-3H3,(H,27,29). The molecule has 0 spiro atoms. The van der Waals surface area contributed by atoms with Crippen LogP contribution in [0.2, 0.25) is 0 Å². The van der Waals surface area contributed by atoms with Crippen molar-refractivity contribution in [3.8, 4) is 0 Å². The minimum Gasteiger partial charge on any atom is -0.358 e. The van der Waals surface area contributed by atoms with Crippen LogP contribution < -0.4 is 5.32 Å². The van der Waals surface area contributed by atoms with E-state index in [4.69, 9.17) is 0 Å². The number of aromatic amines is 1. The fourth-order valence-electron chi connectivity index (χ4n) is 4.34. The van der Waals surface area contributed by atoms with Crippen molar-refractivity contribution >= 4 is 28.4 Å². The molecule has 1 fully saturated rings. The first-order valence-corrected chi connectivity index (χ1v) is 10.7. The Balaban J connectivity index is 1.44. The van der Waals surface area contributed by atoms with Gasteiger partial charge in [0.25, 0.3) is 11.8 Å². The van der Waals surface area contributed by atoms with Crippen LogP contribution in [0.4, 0.5) is 5.69 Å². The lowest BCUT2D eigenvalue weighted by Crippen LogP contribution is -2.38. The smallest absolute Gasteiger partial charge is 0.255 e. The number of benzene rings is 2. The summed E-state index contributed by atoms with van der Waals surface area (Å²) in [5.74, 6) is -0.114. The normalized spacial score (nSPS) is 14.6. The van der Waals surface area contributed by atoms with Crippen LogP contribution in [0.15, 0.2) is 42.5 Å². The number of anilines is 1. The molecule has 0 aliphatic heterocycles. The van der Waals surface area contributed by atoms with Gasteiger partial charge in [0.1, 0.15) is 0 Å². The van der Waals surface area contributed by atoms with E-state index in [1.807, 2.05) is 37.1 Å². The summed E-state index contributed by atoms with van der Waals surface area (Å²) in [6.45, 7) is 4.08. The van der Waals surface area contributed by atoms with Gasteiger partial charge < -0.3 is 15.2 Å². The number of amides is 2. The number of carbonyl (C=O) groups is 2. The number of hydrogen-bond acceptors (Lipinski definition) is 2. The lowest BCUT2D eigenvalue weighted by atomic mass is 9.94. The number of fused-ring (bicyclic) bond motifs is 1. The second kappa shape index (κ2) is 8.34. The van der Waals surface area contributed by atoms with Gasteiger partial charge in [0.05, 0.1) is 0 Å². The van der Waals surface area contributed by atoms with Crippen LogP contribution in [0.1, 0.15) is 64.1 Å². The molecule has 1 aliphatic rings. The second-order valence-electron chi connectivity index (χ2n) is 8.37. The lowest BCUT2D eigenvalue weighted by Gasteiger charge is -2.31. The number of hydrogen-bond donors (Lipinski definition) is 2. The second-order valence-corrected chi connectivity index (χ2v) is 8.37. The minimum atomic E-state index is -0.159. The van der Waals surface area contributed by atoms with Crippen molar-refractivity contribution in [2.24, 2.45) is 0 Å². The van der Waals surface area contributed by atoms with E-state index >= 15 is 0 Å². The van der Waals surface area contributed by atoms with Gasteiger partial charge in [0, 0.05) is 46.5 Å². The molecule has 2 aromatic carbocycles. The lowest BCUT2D eigenvalue weighted by molar-refractivity contribution is 0.0696. The van der Waals surface area contributed by atoms with Crippen molar-refractivity contribution < 1.29 is 9.59 Å². The number of aryl methyl sites for hydroxylation is 2. The molecular weight excluding hydrogens is 374 g/mol. The van der Waals surface area contributed by atoms with Gasteiger partial charge in [-0.2, -0.15) is 0 Å². The number of H-pyrrole nitrogens is 1. The maximum absolute atomic E-state index is 12.8. The molecule has 3 aromatic rings. The van der Waals surface area contributed by atoms with Crippen molar-refractivity contribution in [1.29, 1.82) is 0 Å². The van der Waals surface area contributed by atoms with E-state index in [1.165, 1.54) is 19.3 Å². The van der Waals surface area contributed by atoms with E-state index in [0.29, 0.717) is 22.9 Å². The summed E-state index contributed by atoms with van der Waals surface area (Å²) in [5.41, 5.74) is 5.25. The van der Waals surface area contributed by atoms with E-state index in [9.17, 15) is 9.59 Å². The van der Waals surface area contributed by atoms with Crippen LogP contribution in [0.3, 0.4) is 0 Å². The summed E-state index contributed by atoms with van der Waals surface area (Å²) in [6, 6.07) is 13.2. The third kappa shape index (κ3) is 3.97. The highest BCUT2D eigenvalue weighted by molar-refractivity contribution is 6.06. The molecule has 4 rings (SSSR count). The molecule has 0 atom stereocenters. The summed E-state index contributed by atoms with van der Waals surface area (Å²) < 4.78 is 0. The van der Waals surface area contributed by atoms with Gasteiger partial charge in [-0.05, 0) is 74.7 Å². The summed E-state index contributed by atoms with van der Waals surface area (Å²) in [6.07, 6.45) is 5.83. The molecule has 5 heteroatoms. The Hall–Kier alpha value is -3.08. The van der Waals surface area contributed by atoms with E-state index in [-0.39, 0.29) is 11.8 Å². The van der Waals surface area contributed by atoms with E-state index in [0.717, 1.165) is 35.0 Å². The van der Waals surface area contributed by atoms with Gasteiger partial charge >= 0.3 is 0 Å². The summed E-state index contributed by atoms with van der Waals surface area (Å²) in [5, 5.41) is 4.00. The van der Waals surface area contributed by atoms with Gasteiger partial charge in [-0.1, -0.05) is 19.3 Å². The molecule has 2 N–H and O–H groups in total. The zero-order valence-electron chi connectivity index (χ0n) is 17.9. The first kappa shape index (κ1) is 20.2. The Labute approximate surface area is 177 Å². The number of aromatic nitrogens is 1. The third-order valence-electron chi connectivity index (χ3n) is 6.40. The maximum atomic E-state index is 12.8. The molecule has 1 heterocycles. The number of rotatable bonds is 4. The highest BCUT2D eigenvalue weighted by Gasteiger charge is 2.23. The van der Waals surface area contributed by atoms with Crippen LogP contribution in [-0.2, 0) is 0 Å². The molecule has 5 nitrogen and oxygen atoms in total.